The predicted molar refractivity (Wildman–Crippen MR) is 77.5 cm³/mol. The van der Waals surface area contributed by atoms with Gasteiger partial charge in [0.1, 0.15) is 0 Å². The molecule has 0 amide bonds. The summed E-state index contributed by atoms with van der Waals surface area (Å²) < 4.78 is 22.4. The third-order valence-electron chi connectivity index (χ3n) is 4.03. The standard InChI is InChI=1S/C14H22N2O2S/c1-14(2)10-4-3-5-13(14)16-11-6-8-12(9-7-11)19(15,17)18/h6-9,13,16H,3-5,10H2,1-2H3,(H2,15,17,18). The van der Waals surface area contributed by atoms with Gasteiger partial charge in [-0.25, -0.2) is 13.6 Å². The fourth-order valence-electron chi connectivity index (χ4n) is 2.70. The van der Waals surface area contributed by atoms with Gasteiger partial charge in [0.15, 0.2) is 0 Å². The van der Waals surface area contributed by atoms with Gasteiger partial charge in [0, 0.05) is 11.7 Å². The second-order valence-corrected chi connectivity index (χ2v) is 7.56. The molecule has 5 heteroatoms. The summed E-state index contributed by atoms with van der Waals surface area (Å²) >= 11 is 0. The zero-order valence-corrected chi connectivity index (χ0v) is 12.3. The number of sulfonamides is 1. The summed E-state index contributed by atoms with van der Waals surface area (Å²) in [4.78, 5) is 0.154. The fourth-order valence-corrected chi connectivity index (χ4v) is 3.22. The van der Waals surface area contributed by atoms with Gasteiger partial charge in [-0.15, -0.1) is 0 Å². The second kappa shape index (κ2) is 5.13. The van der Waals surface area contributed by atoms with E-state index in [4.69, 9.17) is 5.14 Å². The minimum Gasteiger partial charge on any atom is -0.382 e. The van der Waals surface area contributed by atoms with Crippen LogP contribution in [0.5, 0.6) is 0 Å². The number of primary sulfonamides is 1. The van der Waals surface area contributed by atoms with Crippen LogP contribution in [-0.2, 0) is 10.0 Å². The molecule has 0 bridgehead atoms. The van der Waals surface area contributed by atoms with Crippen molar-refractivity contribution >= 4 is 15.7 Å². The van der Waals surface area contributed by atoms with Crippen LogP contribution in [0.4, 0.5) is 5.69 Å². The highest BCUT2D eigenvalue weighted by Gasteiger charge is 2.31. The molecule has 1 saturated carbocycles. The molecule has 1 aromatic rings. The molecule has 0 spiro atoms. The Labute approximate surface area is 115 Å². The van der Waals surface area contributed by atoms with Crippen LogP contribution in [0.2, 0.25) is 0 Å². The largest absolute Gasteiger partial charge is 0.382 e. The van der Waals surface area contributed by atoms with E-state index in [9.17, 15) is 8.42 Å². The minimum atomic E-state index is -3.60. The first-order chi connectivity index (χ1) is 8.79. The molecule has 19 heavy (non-hydrogen) atoms. The van der Waals surface area contributed by atoms with Crippen LogP contribution in [0.25, 0.3) is 0 Å². The Morgan fingerprint density at radius 3 is 2.37 bits per heavy atom. The Balaban J connectivity index is 2.11. The van der Waals surface area contributed by atoms with Crippen LogP contribution in [0.3, 0.4) is 0 Å². The maximum Gasteiger partial charge on any atom is 0.238 e. The van der Waals surface area contributed by atoms with Gasteiger partial charge >= 0.3 is 0 Å². The van der Waals surface area contributed by atoms with Crippen LogP contribution in [0.1, 0.15) is 39.5 Å². The molecule has 0 aliphatic heterocycles. The van der Waals surface area contributed by atoms with Crippen LogP contribution >= 0.6 is 0 Å². The predicted octanol–water partition coefficient (Wildman–Crippen LogP) is 2.71. The normalized spacial score (nSPS) is 23.0. The zero-order valence-electron chi connectivity index (χ0n) is 11.5. The molecule has 1 aliphatic carbocycles. The lowest BCUT2D eigenvalue weighted by molar-refractivity contribution is 0.217. The van der Waals surface area contributed by atoms with Gasteiger partial charge in [-0.1, -0.05) is 26.7 Å². The molecular formula is C14H22N2O2S. The maximum absolute atomic E-state index is 11.2. The van der Waals surface area contributed by atoms with E-state index in [2.05, 4.69) is 19.2 Å². The highest BCUT2D eigenvalue weighted by atomic mass is 32.2. The number of benzene rings is 1. The first-order valence-electron chi connectivity index (χ1n) is 6.68. The summed E-state index contributed by atoms with van der Waals surface area (Å²) in [6.45, 7) is 4.56. The topological polar surface area (TPSA) is 72.2 Å². The van der Waals surface area contributed by atoms with E-state index in [0.29, 0.717) is 6.04 Å². The van der Waals surface area contributed by atoms with Gasteiger partial charge in [-0.3, -0.25) is 0 Å². The molecule has 2 rings (SSSR count). The SMILES string of the molecule is CC1(C)CCCCC1Nc1ccc(S(N)(=O)=O)cc1. The van der Waals surface area contributed by atoms with E-state index in [0.717, 1.165) is 12.1 Å². The molecule has 0 saturated heterocycles. The number of nitrogens with one attached hydrogen (secondary N) is 1. The van der Waals surface area contributed by atoms with E-state index in [-0.39, 0.29) is 10.3 Å². The fraction of sp³-hybridized carbons (Fsp3) is 0.571. The molecule has 1 aromatic carbocycles. The van der Waals surface area contributed by atoms with Gasteiger partial charge in [0.05, 0.1) is 4.90 Å². The lowest BCUT2D eigenvalue weighted by Crippen LogP contribution is -2.38. The Hall–Kier alpha value is -1.07. The highest BCUT2D eigenvalue weighted by Crippen LogP contribution is 2.37. The third-order valence-corrected chi connectivity index (χ3v) is 4.96. The van der Waals surface area contributed by atoms with Gasteiger partial charge < -0.3 is 5.32 Å². The van der Waals surface area contributed by atoms with Crippen LogP contribution in [-0.4, -0.2) is 14.5 Å². The average molecular weight is 282 g/mol. The van der Waals surface area contributed by atoms with E-state index in [1.165, 1.54) is 19.3 Å². The van der Waals surface area contributed by atoms with Crippen molar-refractivity contribution in [2.75, 3.05) is 5.32 Å². The van der Waals surface area contributed by atoms with Crippen molar-refractivity contribution in [1.82, 2.24) is 0 Å². The van der Waals surface area contributed by atoms with Crippen molar-refractivity contribution in [3.05, 3.63) is 24.3 Å². The summed E-state index contributed by atoms with van der Waals surface area (Å²) in [7, 11) is -3.60. The van der Waals surface area contributed by atoms with Crippen molar-refractivity contribution in [1.29, 1.82) is 0 Å². The lowest BCUT2D eigenvalue weighted by Gasteiger charge is -2.39. The van der Waals surface area contributed by atoms with Crippen molar-refractivity contribution in [2.24, 2.45) is 10.6 Å². The molecule has 1 aliphatic rings. The van der Waals surface area contributed by atoms with Crippen LogP contribution < -0.4 is 10.5 Å². The van der Waals surface area contributed by atoms with Crippen LogP contribution in [0, 0.1) is 5.41 Å². The minimum absolute atomic E-state index is 0.154. The lowest BCUT2D eigenvalue weighted by atomic mass is 9.73. The van der Waals surface area contributed by atoms with Gasteiger partial charge in [0.2, 0.25) is 10.0 Å². The quantitative estimate of drug-likeness (QED) is 0.895. The van der Waals surface area contributed by atoms with Crippen molar-refractivity contribution in [3.8, 4) is 0 Å². The zero-order chi connectivity index (χ0) is 14.1. The summed E-state index contributed by atoms with van der Waals surface area (Å²) in [5.41, 5.74) is 1.23. The first-order valence-corrected chi connectivity index (χ1v) is 8.23. The average Bonchev–Trinajstić information content (AvgIpc) is 2.31. The molecule has 1 atom stereocenters. The second-order valence-electron chi connectivity index (χ2n) is 6.00. The molecule has 0 heterocycles. The number of rotatable bonds is 3. The molecule has 0 aromatic heterocycles. The number of hydrogen-bond donors (Lipinski definition) is 2. The van der Waals surface area contributed by atoms with Crippen molar-refractivity contribution < 1.29 is 8.42 Å². The summed E-state index contributed by atoms with van der Waals surface area (Å²) in [5, 5.41) is 8.60. The molecule has 1 fully saturated rings. The first kappa shape index (κ1) is 14.3. The Morgan fingerprint density at radius 1 is 1.21 bits per heavy atom. The molecule has 106 valence electrons. The van der Waals surface area contributed by atoms with Crippen molar-refractivity contribution in [3.63, 3.8) is 0 Å². The molecule has 3 N–H and O–H groups in total. The maximum atomic E-state index is 11.2. The Bertz CT molecular complexity index is 535. The van der Waals surface area contributed by atoms with Gasteiger partial charge in [0.25, 0.3) is 0 Å². The highest BCUT2D eigenvalue weighted by molar-refractivity contribution is 7.89. The monoisotopic (exact) mass is 282 g/mol. The number of nitrogens with two attached hydrogens (primary N) is 1. The summed E-state index contributed by atoms with van der Waals surface area (Å²) in [6, 6.07) is 7.09. The Kier molecular flexibility index (Phi) is 3.87. The molecule has 4 nitrogen and oxygen atoms in total. The number of anilines is 1. The summed E-state index contributed by atoms with van der Waals surface area (Å²) in [5.74, 6) is 0. The third kappa shape index (κ3) is 3.48. The summed E-state index contributed by atoms with van der Waals surface area (Å²) in [6.07, 6.45) is 4.91. The van der Waals surface area contributed by atoms with Crippen LogP contribution in [0.15, 0.2) is 29.2 Å². The van der Waals surface area contributed by atoms with E-state index < -0.39 is 10.0 Å². The van der Waals surface area contributed by atoms with Gasteiger partial charge in [-0.05, 0) is 42.5 Å². The van der Waals surface area contributed by atoms with E-state index in [1.54, 1.807) is 24.3 Å². The van der Waals surface area contributed by atoms with Gasteiger partial charge in [-0.2, -0.15) is 0 Å². The molecule has 0 radical (unpaired) electrons. The smallest absolute Gasteiger partial charge is 0.238 e. The molecular weight excluding hydrogens is 260 g/mol. The Morgan fingerprint density at radius 2 is 1.84 bits per heavy atom. The van der Waals surface area contributed by atoms with E-state index in [1.807, 2.05) is 0 Å². The van der Waals surface area contributed by atoms with E-state index >= 15 is 0 Å². The van der Waals surface area contributed by atoms with Crippen molar-refractivity contribution in [2.45, 2.75) is 50.5 Å². The molecule has 1 unspecified atom stereocenters. The number of hydrogen-bond acceptors (Lipinski definition) is 3.